The number of aromatic carboxylic acids is 1. The second kappa shape index (κ2) is 5.70. The number of carbonyl (C=O) groups excluding carboxylic acids is 2. The molecular weight excluding hydrogens is 262 g/mol. The summed E-state index contributed by atoms with van der Waals surface area (Å²) in [5.41, 5.74) is 0.434. The molecule has 1 aromatic rings. The molecule has 0 aromatic heterocycles. The zero-order chi connectivity index (χ0) is 14.7. The quantitative estimate of drug-likeness (QED) is 0.817. The molecule has 7 nitrogen and oxygen atoms in total. The van der Waals surface area contributed by atoms with Gasteiger partial charge in [0.25, 0.3) is 5.91 Å². The maximum atomic E-state index is 11.9. The lowest BCUT2D eigenvalue weighted by molar-refractivity contribution is -0.137. The Morgan fingerprint density at radius 2 is 2.15 bits per heavy atom. The molecule has 0 atom stereocenters. The molecule has 20 heavy (non-hydrogen) atoms. The molecule has 7 heteroatoms. The molecular formula is C13H15N3O4. The third-order valence-electron chi connectivity index (χ3n) is 2.94. The molecule has 1 saturated heterocycles. The molecule has 1 aliphatic rings. The lowest BCUT2D eigenvalue weighted by Crippen LogP contribution is -2.57. The Labute approximate surface area is 115 Å². The van der Waals surface area contributed by atoms with Crippen molar-refractivity contribution in [1.29, 1.82) is 0 Å². The van der Waals surface area contributed by atoms with Crippen molar-refractivity contribution in [2.75, 3.05) is 24.6 Å². The van der Waals surface area contributed by atoms with Crippen LogP contribution in [-0.4, -0.2) is 47.5 Å². The summed E-state index contributed by atoms with van der Waals surface area (Å²) in [6.07, 6.45) is 0. The van der Waals surface area contributed by atoms with Crippen LogP contribution < -0.4 is 10.3 Å². The van der Waals surface area contributed by atoms with Gasteiger partial charge in [0.15, 0.2) is 0 Å². The van der Waals surface area contributed by atoms with Crippen LogP contribution in [0, 0.1) is 0 Å². The van der Waals surface area contributed by atoms with Crippen LogP contribution in [0.15, 0.2) is 24.3 Å². The number of benzene rings is 1. The first-order chi connectivity index (χ1) is 9.50. The van der Waals surface area contributed by atoms with Gasteiger partial charge in [-0.15, -0.1) is 0 Å². The molecule has 0 saturated carbocycles. The van der Waals surface area contributed by atoms with Crippen molar-refractivity contribution in [2.24, 2.45) is 0 Å². The zero-order valence-corrected chi connectivity index (χ0v) is 11.0. The summed E-state index contributed by atoms with van der Waals surface area (Å²) in [7, 11) is 0. The third-order valence-corrected chi connectivity index (χ3v) is 2.94. The van der Waals surface area contributed by atoms with Crippen LogP contribution in [0.2, 0.25) is 0 Å². The smallest absolute Gasteiger partial charge is 0.335 e. The fourth-order valence-electron chi connectivity index (χ4n) is 2.07. The van der Waals surface area contributed by atoms with Crippen molar-refractivity contribution in [2.45, 2.75) is 6.92 Å². The summed E-state index contributed by atoms with van der Waals surface area (Å²) in [5, 5.41) is 14.5. The van der Waals surface area contributed by atoms with E-state index in [1.54, 1.807) is 12.1 Å². The van der Waals surface area contributed by atoms with Crippen LogP contribution in [0.5, 0.6) is 0 Å². The summed E-state index contributed by atoms with van der Waals surface area (Å²) in [6.45, 7) is 2.43. The normalized spacial score (nSPS) is 15.1. The first-order valence-electron chi connectivity index (χ1n) is 6.16. The zero-order valence-electron chi connectivity index (χ0n) is 11.0. The summed E-state index contributed by atoms with van der Waals surface area (Å²) < 4.78 is 0. The van der Waals surface area contributed by atoms with Gasteiger partial charge in [-0.25, -0.2) is 14.8 Å². The van der Waals surface area contributed by atoms with E-state index in [0.29, 0.717) is 18.8 Å². The van der Waals surface area contributed by atoms with Gasteiger partial charge in [0.2, 0.25) is 5.91 Å². The molecule has 2 rings (SSSR count). The first kappa shape index (κ1) is 14.0. The van der Waals surface area contributed by atoms with E-state index in [-0.39, 0.29) is 23.9 Å². The number of hydrazine groups is 1. The molecule has 0 bridgehead atoms. The van der Waals surface area contributed by atoms with Crippen LogP contribution >= 0.6 is 0 Å². The molecule has 1 aliphatic heterocycles. The second-order valence-electron chi connectivity index (χ2n) is 4.38. The van der Waals surface area contributed by atoms with E-state index >= 15 is 0 Å². The van der Waals surface area contributed by atoms with Crippen LogP contribution in [0.1, 0.15) is 17.3 Å². The van der Waals surface area contributed by atoms with Crippen molar-refractivity contribution >= 4 is 23.5 Å². The molecule has 1 fully saturated rings. The lowest BCUT2D eigenvalue weighted by Gasteiger charge is -2.36. The Kier molecular flexibility index (Phi) is 3.99. The van der Waals surface area contributed by atoms with Gasteiger partial charge in [0, 0.05) is 13.5 Å². The number of rotatable bonds is 3. The Morgan fingerprint density at radius 1 is 1.40 bits per heavy atom. The topological polar surface area (TPSA) is 89.9 Å². The number of piperazine rings is 1. The molecule has 1 aromatic carbocycles. The van der Waals surface area contributed by atoms with Crippen molar-refractivity contribution in [3.63, 3.8) is 0 Å². The lowest BCUT2D eigenvalue weighted by atomic mass is 10.2. The number of anilines is 1. The summed E-state index contributed by atoms with van der Waals surface area (Å²) in [5.74, 6) is -1.66. The fourth-order valence-corrected chi connectivity index (χ4v) is 2.07. The van der Waals surface area contributed by atoms with Crippen LogP contribution in [0.4, 0.5) is 5.69 Å². The number of carboxylic acid groups (broad SMARTS) is 1. The summed E-state index contributed by atoms with van der Waals surface area (Å²) in [4.78, 5) is 34.7. The highest BCUT2D eigenvalue weighted by atomic mass is 16.4. The highest BCUT2D eigenvalue weighted by molar-refractivity contribution is 5.97. The number of carboxylic acids is 1. The highest BCUT2D eigenvalue weighted by Gasteiger charge is 2.27. The minimum absolute atomic E-state index is 0.0660. The number of amides is 2. The SMILES string of the molecule is CC(=O)N(c1cccc(C(=O)O)c1)N1CCNCC1=O. The van der Waals surface area contributed by atoms with Crippen LogP contribution in [0.3, 0.4) is 0 Å². The van der Waals surface area contributed by atoms with E-state index in [2.05, 4.69) is 5.32 Å². The van der Waals surface area contributed by atoms with E-state index in [9.17, 15) is 14.4 Å². The number of nitrogens with one attached hydrogen (secondary N) is 1. The highest BCUT2D eigenvalue weighted by Crippen LogP contribution is 2.19. The van der Waals surface area contributed by atoms with Gasteiger partial charge < -0.3 is 10.4 Å². The Bertz CT molecular complexity index is 558. The Balaban J connectivity index is 2.38. The van der Waals surface area contributed by atoms with Gasteiger partial charge in [-0.05, 0) is 18.2 Å². The number of nitrogens with zero attached hydrogens (tertiary/aromatic N) is 2. The molecule has 0 aliphatic carbocycles. The fraction of sp³-hybridized carbons (Fsp3) is 0.308. The maximum absolute atomic E-state index is 11.9. The van der Waals surface area contributed by atoms with E-state index in [0.717, 1.165) is 0 Å². The average Bonchev–Trinajstić information content (AvgIpc) is 2.41. The predicted molar refractivity (Wildman–Crippen MR) is 71.1 cm³/mol. The number of hydrogen-bond acceptors (Lipinski definition) is 4. The van der Waals surface area contributed by atoms with Crippen molar-refractivity contribution in [1.82, 2.24) is 10.3 Å². The monoisotopic (exact) mass is 277 g/mol. The largest absolute Gasteiger partial charge is 0.478 e. The number of hydrogen-bond donors (Lipinski definition) is 2. The third kappa shape index (κ3) is 2.77. The second-order valence-corrected chi connectivity index (χ2v) is 4.38. The molecule has 106 valence electrons. The van der Waals surface area contributed by atoms with E-state index in [1.807, 2.05) is 0 Å². The summed E-state index contributed by atoms with van der Waals surface area (Å²) in [6, 6.07) is 5.95. The van der Waals surface area contributed by atoms with Crippen molar-refractivity contribution in [3.8, 4) is 0 Å². The standard InChI is InChI=1S/C13H15N3O4/c1-9(17)16(15-6-5-14-8-12(15)18)11-4-2-3-10(7-11)13(19)20/h2-4,7,14H,5-6,8H2,1H3,(H,19,20). The maximum Gasteiger partial charge on any atom is 0.335 e. The molecule has 0 spiro atoms. The van der Waals surface area contributed by atoms with Crippen LogP contribution in [-0.2, 0) is 9.59 Å². The van der Waals surface area contributed by atoms with Gasteiger partial charge >= 0.3 is 5.97 Å². The van der Waals surface area contributed by atoms with Crippen LogP contribution in [0.25, 0.3) is 0 Å². The Hall–Kier alpha value is -2.41. The number of carbonyl (C=O) groups is 3. The average molecular weight is 277 g/mol. The van der Waals surface area contributed by atoms with Gasteiger partial charge in [0.1, 0.15) is 0 Å². The molecule has 2 amide bonds. The van der Waals surface area contributed by atoms with Gasteiger partial charge in [-0.3, -0.25) is 9.59 Å². The van der Waals surface area contributed by atoms with Gasteiger partial charge in [0.05, 0.1) is 24.3 Å². The van der Waals surface area contributed by atoms with E-state index in [1.165, 1.54) is 29.1 Å². The molecule has 0 radical (unpaired) electrons. The molecule has 1 heterocycles. The molecule has 2 N–H and O–H groups in total. The van der Waals surface area contributed by atoms with Crippen molar-refractivity contribution < 1.29 is 19.5 Å². The minimum atomic E-state index is -1.08. The predicted octanol–water partition coefficient (Wildman–Crippen LogP) is 0.0845. The van der Waals surface area contributed by atoms with Crippen molar-refractivity contribution in [3.05, 3.63) is 29.8 Å². The van der Waals surface area contributed by atoms with E-state index in [4.69, 9.17) is 5.11 Å². The molecule has 0 unspecified atom stereocenters. The Morgan fingerprint density at radius 3 is 2.75 bits per heavy atom. The van der Waals surface area contributed by atoms with Gasteiger partial charge in [-0.1, -0.05) is 6.07 Å². The van der Waals surface area contributed by atoms with Gasteiger partial charge in [-0.2, -0.15) is 0 Å². The summed E-state index contributed by atoms with van der Waals surface area (Å²) >= 11 is 0. The minimum Gasteiger partial charge on any atom is -0.478 e. The first-order valence-corrected chi connectivity index (χ1v) is 6.16. The van der Waals surface area contributed by atoms with E-state index < -0.39 is 5.97 Å².